The normalized spacial score (nSPS) is 13.2. The number of carbonyl (C=O) groups excluding carboxylic acids is 2. The lowest BCUT2D eigenvalue weighted by atomic mass is 9.74. The van der Waals surface area contributed by atoms with Gasteiger partial charge in [-0.05, 0) is 47.2 Å². The van der Waals surface area contributed by atoms with Gasteiger partial charge in [-0.3, -0.25) is 9.59 Å². The highest BCUT2D eigenvalue weighted by Gasteiger charge is 2.42. The quantitative estimate of drug-likeness (QED) is 0.289. The van der Waals surface area contributed by atoms with Crippen LogP contribution in [0.3, 0.4) is 0 Å². The number of hydrogen-bond acceptors (Lipinski definition) is 3. The molecule has 0 fully saturated rings. The van der Waals surface area contributed by atoms with Gasteiger partial charge >= 0.3 is 0 Å². The molecule has 0 heterocycles. The van der Waals surface area contributed by atoms with Gasteiger partial charge in [0.1, 0.15) is 0 Å². The zero-order valence-electron chi connectivity index (χ0n) is 20.8. The molecule has 5 nitrogen and oxygen atoms in total. The molecule has 0 radical (unpaired) electrons. The first-order chi connectivity index (χ1) is 18.0. The van der Waals surface area contributed by atoms with E-state index in [0.29, 0.717) is 18.7 Å². The minimum atomic E-state index is -2.40. The molecule has 194 valence electrons. The van der Waals surface area contributed by atoms with E-state index in [-0.39, 0.29) is 30.3 Å². The van der Waals surface area contributed by atoms with Crippen LogP contribution in [0.4, 0.5) is 8.78 Å². The van der Waals surface area contributed by atoms with E-state index in [1.165, 1.54) is 22.3 Å². The van der Waals surface area contributed by atoms with Crippen LogP contribution in [0, 0.1) is 0 Å². The smallest absolute Gasteiger partial charge is 0.251 e. The fourth-order valence-corrected chi connectivity index (χ4v) is 5.23. The van der Waals surface area contributed by atoms with E-state index < -0.39 is 6.43 Å². The number of unbranched alkanes of at least 4 members (excludes halogenated alkanes) is 2. The van der Waals surface area contributed by atoms with Crippen LogP contribution in [-0.2, 0) is 10.2 Å². The maximum Gasteiger partial charge on any atom is 0.251 e. The molecular weight excluding hydrogens is 472 g/mol. The Morgan fingerprint density at radius 3 is 2.03 bits per heavy atom. The zero-order chi connectivity index (χ0) is 26.1. The van der Waals surface area contributed by atoms with E-state index in [0.717, 1.165) is 25.7 Å². The van der Waals surface area contributed by atoms with Gasteiger partial charge in [0.15, 0.2) is 0 Å². The minimum absolute atomic E-state index is 0.0692. The van der Waals surface area contributed by atoms with Gasteiger partial charge in [0, 0.05) is 24.1 Å². The number of benzene rings is 3. The van der Waals surface area contributed by atoms with Crippen molar-refractivity contribution in [1.82, 2.24) is 16.0 Å². The van der Waals surface area contributed by atoms with E-state index in [9.17, 15) is 18.4 Å². The van der Waals surface area contributed by atoms with Crippen molar-refractivity contribution in [2.75, 3.05) is 26.2 Å². The lowest BCUT2D eigenvalue weighted by Gasteiger charge is -2.33. The highest BCUT2D eigenvalue weighted by molar-refractivity contribution is 5.96. The Morgan fingerprint density at radius 2 is 1.38 bits per heavy atom. The lowest BCUT2D eigenvalue weighted by molar-refractivity contribution is -0.120. The average Bonchev–Trinajstić information content (AvgIpc) is 3.19. The topological polar surface area (TPSA) is 70.2 Å². The Kier molecular flexibility index (Phi) is 9.01. The summed E-state index contributed by atoms with van der Waals surface area (Å²) in [5.41, 5.74) is 4.85. The lowest BCUT2D eigenvalue weighted by Crippen LogP contribution is -2.39. The zero-order valence-corrected chi connectivity index (χ0v) is 20.8. The van der Waals surface area contributed by atoms with Gasteiger partial charge in [0.2, 0.25) is 5.91 Å². The number of amides is 2. The fraction of sp³-hybridized carbons (Fsp3) is 0.333. The summed E-state index contributed by atoms with van der Waals surface area (Å²) in [6.07, 6.45) is 0.989. The Labute approximate surface area is 216 Å². The van der Waals surface area contributed by atoms with E-state index in [1.54, 1.807) is 24.3 Å². The van der Waals surface area contributed by atoms with Crippen molar-refractivity contribution in [2.45, 2.75) is 37.5 Å². The van der Waals surface area contributed by atoms with Crippen LogP contribution in [0.15, 0.2) is 78.9 Å². The number of hydrogen-bond donors (Lipinski definition) is 3. The number of rotatable bonds is 13. The maximum atomic E-state index is 12.9. The standard InChI is InChI=1S/C30H33F2N3O2/c31-27(32)19-33-21-30(25-15-7-5-13-23(25)24-14-6-8-16-26(24)30)17-9-2-10-18-34-28(36)20-35-29(37)22-11-3-1-4-12-22/h1,3-8,11-16,27,33H,2,9-10,17-21H2,(H,34,36)(H,35,37). The molecule has 2 amide bonds. The van der Waals surface area contributed by atoms with Gasteiger partial charge in [-0.15, -0.1) is 0 Å². The molecule has 1 aliphatic carbocycles. The minimum Gasteiger partial charge on any atom is -0.355 e. The monoisotopic (exact) mass is 505 g/mol. The number of halogens is 2. The molecular formula is C30H33F2N3O2. The van der Waals surface area contributed by atoms with Crippen molar-refractivity contribution in [3.05, 3.63) is 95.6 Å². The second-order valence-corrected chi connectivity index (χ2v) is 9.40. The van der Waals surface area contributed by atoms with Gasteiger partial charge in [-0.2, -0.15) is 0 Å². The first-order valence-corrected chi connectivity index (χ1v) is 12.8. The molecule has 37 heavy (non-hydrogen) atoms. The van der Waals surface area contributed by atoms with Crippen LogP contribution in [0.1, 0.15) is 47.2 Å². The third-order valence-corrected chi connectivity index (χ3v) is 6.95. The summed E-state index contributed by atoms with van der Waals surface area (Å²) in [4.78, 5) is 24.2. The largest absolute Gasteiger partial charge is 0.355 e. The molecule has 0 saturated carbocycles. The second kappa shape index (κ2) is 12.6. The number of alkyl halides is 2. The molecule has 0 aromatic heterocycles. The Bertz CT molecular complexity index is 1150. The summed E-state index contributed by atoms with van der Waals surface area (Å²) in [6, 6.07) is 25.3. The second-order valence-electron chi connectivity index (χ2n) is 9.40. The maximum absolute atomic E-state index is 12.9. The summed E-state index contributed by atoms with van der Waals surface area (Å²) in [6.45, 7) is 0.562. The molecule has 3 N–H and O–H groups in total. The van der Waals surface area contributed by atoms with E-state index in [1.807, 2.05) is 30.3 Å². The fourth-order valence-electron chi connectivity index (χ4n) is 5.23. The first kappa shape index (κ1) is 26.5. The predicted octanol–water partition coefficient (Wildman–Crippen LogP) is 4.91. The van der Waals surface area contributed by atoms with Crippen LogP contribution in [-0.4, -0.2) is 44.4 Å². The third kappa shape index (κ3) is 6.41. The van der Waals surface area contributed by atoms with Gasteiger partial charge in [0.25, 0.3) is 12.3 Å². The van der Waals surface area contributed by atoms with Crippen molar-refractivity contribution in [2.24, 2.45) is 0 Å². The van der Waals surface area contributed by atoms with Gasteiger partial charge in [-0.25, -0.2) is 8.78 Å². The molecule has 1 aliphatic rings. The van der Waals surface area contributed by atoms with Crippen molar-refractivity contribution in [1.29, 1.82) is 0 Å². The molecule has 0 saturated heterocycles. The molecule has 0 atom stereocenters. The van der Waals surface area contributed by atoms with Crippen LogP contribution in [0.5, 0.6) is 0 Å². The summed E-state index contributed by atoms with van der Waals surface area (Å²) < 4.78 is 25.9. The number of fused-ring (bicyclic) bond motifs is 3. The summed E-state index contributed by atoms with van der Waals surface area (Å²) in [5, 5.41) is 8.49. The summed E-state index contributed by atoms with van der Waals surface area (Å²) in [5.74, 6) is -0.505. The number of carbonyl (C=O) groups is 2. The van der Waals surface area contributed by atoms with Gasteiger partial charge < -0.3 is 16.0 Å². The van der Waals surface area contributed by atoms with Crippen molar-refractivity contribution in [3.63, 3.8) is 0 Å². The Morgan fingerprint density at radius 1 is 0.757 bits per heavy atom. The molecule has 3 aromatic carbocycles. The van der Waals surface area contributed by atoms with E-state index in [4.69, 9.17) is 0 Å². The van der Waals surface area contributed by atoms with Crippen LogP contribution in [0.25, 0.3) is 11.1 Å². The molecule has 0 bridgehead atoms. The highest BCUT2D eigenvalue weighted by Crippen LogP contribution is 2.51. The van der Waals surface area contributed by atoms with Crippen LogP contribution >= 0.6 is 0 Å². The van der Waals surface area contributed by atoms with Crippen LogP contribution in [0.2, 0.25) is 0 Å². The van der Waals surface area contributed by atoms with Crippen molar-refractivity contribution in [3.8, 4) is 11.1 Å². The van der Waals surface area contributed by atoms with Gasteiger partial charge in [0.05, 0.1) is 13.1 Å². The van der Waals surface area contributed by atoms with Crippen molar-refractivity contribution >= 4 is 11.8 Å². The van der Waals surface area contributed by atoms with Gasteiger partial charge in [-0.1, -0.05) is 79.6 Å². The number of nitrogens with one attached hydrogen (secondary N) is 3. The molecule has 0 aliphatic heterocycles. The molecule has 7 heteroatoms. The SMILES string of the molecule is O=C(CNC(=O)c1ccccc1)NCCCCCC1(CNCC(F)F)c2ccccc2-c2ccccc21. The average molecular weight is 506 g/mol. The Hall–Kier alpha value is -3.58. The first-order valence-electron chi connectivity index (χ1n) is 12.8. The molecule has 3 aromatic rings. The Balaban J connectivity index is 1.29. The molecule has 0 spiro atoms. The van der Waals surface area contributed by atoms with Crippen molar-refractivity contribution < 1.29 is 18.4 Å². The predicted molar refractivity (Wildman–Crippen MR) is 142 cm³/mol. The van der Waals surface area contributed by atoms with E-state index in [2.05, 4.69) is 40.2 Å². The third-order valence-electron chi connectivity index (χ3n) is 6.95. The molecule has 0 unspecified atom stereocenters. The van der Waals surface area contributed by atoms with Crippen LogP contribution < -0.4 is 16.0 Å². The van der Waals surface area contributed by atoms with E-state index >= 15 is 0 Å². The highest BCUT2D eigenvalue weighted by atomic mass is 19.3. The summed E-state index contributed by atoms with van der Waals surface area (Å²) in [7, 11) is 0. The molecule has 4 rings (SSSR count). The summed E-state index contributed by atoms with van der Waals surface area (Å²) >= 11 is 0.